The highest BCUT2D eigenvalue weighted by atomic mass is 19.3. The third-order valence-electron chi connectivity index (χ3n) is 4.19. The Hall–Kier alpha value is -3.10. The minimum absolute atomic E-state index is 0.0552. The molecule has 5 nitrogen and oxygen atoms in total. The van der Waals surface area contributed by atoms with Gasteiger partial charge in [-0.25, -0.2) is 8.78 Å². The van der Waals surface area contributed by atoms with Crippen LogP contribution in [0.4, 0.5) is 23.2 Å². The van der Waals surface area contributed by atoms with Crippen molar-refractivity contribution in [1.29, 1.82) is 0 Å². The first-order chi connectivity index (χ1) is 12.8. The predicted molar refractivity (Wildman–Crippen MR) is 87.3 cm³/mol. The molecule has 0 bridgehead atoms. The summed E-state index contributed by atoms with van der Waals surface area (Å²) in [6.45, 7) is -2.81. The largest absolute Gasteiger partial charge is 0.435 e. The smallest absolute Gasteiger partial charge is 0.387 e. The number of nitrogens with one attached hydrogen (secondary N) is 2. The Morgan fingerprint density at radius 3 is 2.48 bits per heavy atom. The van der Waals surface area contributed by atoms with Crippen molar-refractivity contribution in [3.05, 3.63) is 59.7 Å². The Labute approximate surface area is 151 Å². The van der Waals surface area contributed by atoms with Crippen LogP contribution in [-0.4, -0.2) is 25.0 Å². The maximum Gasteiger partial charge on any atom is 0.387 e. The lowest BCUT2D eigenvalue weighted by atomic mass is 9.88. The Bertz CT molecular complexity index is 858. The molecule has 2 aromatic rings. The predicted octanol–water partition coefficient (Wildman–Crippen LogP) is 3.03. The zero-order valence-electron chi connectivity index (χ0n) is 13.7. The van der Waals surface area contributed by atoms with E-state index in [2.05, 4.69) is 15.4 Å². The third-order valence-corrected chi connectivity index (χ3v) is 4.19. The van der Waals surface area contributed by atoms with Crippen molar-refractivity contribution in [1.82, 2.24) is 5.32 Å². The van der Waals surface area contributed by atoms with Gasteiger partial charge in [0.1, 0.15) is 23.3 Å². The summed E-state index contributed by atoms with van der Waals surface area (Å²) in [6, 6.07) is 8.21. The van der Waals surface area contributed by atoms with E-state index in [9.17, 15) is 27.2 Å². The molecule has 0 radical (unpaired) electrons. The second-order valence-electron chi connectivity index (χ2n) is 5.89. The number of halogens is 4. The van der Waals surface area contributed by atoms with Crippen LogP contribution in [0, 0.1) is 17.6 Å². The number of hydrogen-bond acceptors (Lipinski definition) is 3. The molecule has 2 atom stereocenters. The van der Waals surface area contributed by atoms with Crippen molar-refractivity contribution >= 4 is 17.5 Å². The topological polar surface area (TPSA) is 67.4 Å². The normalized spacial score (nSPS) is 19.1. The Kier molecular flexibility index (Phi) is 5.29. The highest BCUT2D eigenvalue weighted by Gasteiger charge is 2.41. The van der Waals surface area contributed by atoms with Gasteiger partial charge in [-0.1, -0.05) is 12.1 Å². The van der Waals surface area contributed by atoms with E-state index in [1.165, 1.54) is 24.3 Å². The molecule has 9 heteroatoms. The van der Waals surface area contributed by atoms with Gasteiger partial charge >= 0.3 is 6.61 Å². The summed E-state index contributed by atoms with van der Waals surface area (Å²) in [5.41, 5.74) is 0.301. The molecule has 3 rings (SSSR count). The number of anilines is 1. The molecular formula is C18H14F4N2O3. The first-order valence-electron chi connectivity index (χ1n) is 7.93. The first-order valence-corrected chi connectivity index (χ1v) is 7.93. The van der Waals surface area contributed by atoms with Crippen molar-refractivity contribution in [3.8, 4) is 5.75 Å². The Balaban J connectivity index is 1.78. The van der Waals surface area contributed by atoms with Crippen LogP contribution >= 0.6 is 0 Å². The van der Waals surface area contributed by atoms with E-state index in [4.69, 9.17) is 0 Å². The average molecular weight is 382 g/mol. The fraction of sp³-hybridized carbons (Fsp3) is 0.222. The molecule has 1 fully saturated rings. The number of hydrogen-bond donors (Lipinski definition) is 2. The van der Waals surface area contributed by atoms with Crippen LogP contribution in [0.15, 0.2) is 42.5 Å². The number of benzene rings is 2. The minimum atomic E-state index is -2.96. The number of rotatable bonds is 5. The summed E-state index contributed by atoms with van der Waals surface area (Å²) in [4.78, 5) is 24.6. The maximum atomic E-state index is 13.7. The lowest BCUT2D eigenvalue weighted by molar-refractivity contribution is -0.130. The maximum absolute atomic E-state index is 13.7. The molecule has 0 saturated carbocycles. The lowest BCUT2D eigenvalue weighted by Crippen LogP contribution is -2.32. The molecule has 142 valence electrons. The van der Waals surface area contributed by atoms with E-state index < -0.39 is 41.9 Å². The second-order valence-corrected chi connectivity index (χ2v) is 5.89. The summed E-state index contributed by atoms with van der Waals surface area (Å²) in [5.74, 6) is -4.86. The van der Waals surface area contributed by atoms with E-state index in [1.807, 2.05) is 0 Å². The van der Waals surface area contributed by atoms with Crippen LogP contribution in [0.5, 0.6) is 5.75 Å². The van der Waals surface area contributed by atoms with Crippen LogP contribution in [0.3, 0.4) is 0 Å². The van der Waals surface area contributed by atoms with Crippen molar-refractivity contribution in [2.75, 3.05) is 11.9 Å². The number of ether oxygens (including phenoxy) is 1. The van der Waals surface area contributed by atoms with E-state index in [0.29, 0.717) is 11.6 Å². The van der Waals surface area contributed by atoms with Gasteiger partial charge in [-0.15, -0.1) is 0 Å². The Morgan fingerprint density at radius 1 is 1.15 bits per heavy atom. The summed E-state index contributed by atoms with van der Waals surface area (Å²) in [6.07, 6.45) is 0. The fourth-order valence-corrected chi connectivity index (χ4v) is 2.93. The molecule has 0 aromatic heterocycles. The molecular weight excluding hydrogens is 368 g/mol. The van der Waals surface area contributed by atoms with Gasteiger partial charge in [0.15, 0.2) is 0 Å². The van der Waals surface area contributed by atoms with Crippen LogP contribution in [0.1, 0.15) is 11.5 Å². The van der Waals surface area contributed by atoms with Crippen molar-refractivity contribution < 1.29 is 31.9 Å². The zero-order valence-corrected chi connectivity index (χ0v) is 13.7. The molecule has 27 heavy (non-hydrogen) atoms. The molecule has 1 aliphatic rings. The van der Waals surface area contributed by atoms with Gasteiger partial charge in [0, 0.05) is 18.5 Å². The number of alkyl halides is 2. The van der Waals surface area contributed by atoms with Gasteiger partial charge in [0.25, 0.3) is 0 Å². The van der Waals surface area contributed by atoms with Gasteiger partial charge in [-0.2, -0.15) is 8.78 Å². The molecule has 0 aliphatic carbocycles. The summed E-state index contributed by atoms with van der Waals surface area (Å²) >= 11 is 0. The van der Waals surface area contributed by atoms with Crippen molar-refractivity contribution in [3.63, 3.8) is 0 Å². The van der Waals surface area contributed by atoms with Crippen LogP contribution < -0.4 is 15.4 Å². The first kappa shape index (κ1) is 18.7. The van der Waals surface area contributed by atoms with E-state index in [0.717, 1.165) is 12.1 Å². The van der Waals surface area contributed by atoms with Gasteiger partial charge in [0.2, 0.25) is 11.8 Å². The summed E-state index contributed by atoms with van der Waals surface area (Å²) in [5, 5.41) is 4.83. The average Bonchev–Trinajstić information content (AvgIpc) is 2.99. The highest BCUT2D eigenvalue weighted by molar-refractivity contribution is 6.08. The minimum Gasteiger partial charge on any atom is -0.435 e. The molecule has 0 unspecified atom stereocenters. The molecule has 2 aromatic carbocycles. The third kappa shape index (κ3) is 4.18. The zero-order chi connectivity index (χ0) is 19.6. The summed E-state index contributed by atoms with van der Waals surface area (Å²) in [7, 11) is 0. The number of carbonyl (C=O) groups excluding carboxylic acids is 2. The van der Waals surface area contributed by atoms with Gasteiger partial charge in [-0.05, 0) is 29.8 Å². The molecule has 0 spiro atoms. The molecule has 2 N–H and O–H groups in total. The van der Waals surface area contributed by atoms with Crippen LogP contribution in [-0.2, 0) is 9.59 Å². The standard InChI is InChI=1S/C18H14F4N2O3/c19-10-3-6-14(13(20)7-10)24-17(26)15-12(8-23-16(15)25)9-1-4-11(5-2-9)27-18(21)22/h1-7,12,15,18H,8H2,(H,23,25)(H,24,26)/t12-,15-/m1/s1. The lowest BCUT2D eigenvalue weighted by Gasteiger charge is -2.17. The van der Waals surface area contributed by atoms with E-state index in [1.54, 1.807) is 0 Å². The number of carbonyl (C=O) groups is 2. The van der Waals surface area contributed by atoms with Crippen LogP contribution in [0.25, 0.3) is 0 Å². The van der Waals surface area contributed by atoms with Gasteiger partial charge in [-0.3, -0.25) is 9.59 Å². The van der Waals surface area contributed by atoms with E-state index in [-0.39, 0.29) is 18.0 Å². The highest BCUT2D eigenvalue weighted by Crippen LogP contribution is 2.31. The Morgan fingerprint density at radius 2 is 1.85 bits per heavy atom. The van der Waals surface area contributed by atoms with Crippen molar-refractivity contribution in [2.45, 2.75) is 12.5 Å². The van der Waals surface area contributed by atoms with E-state index >= 15 is 0 Å². The molecule has 1 aliphatic heterocycles. The second kappa shape index (κ2) is 7.65. The fourth-order valence-electron chi connectivity index (χ4n) is 2.93. The molecule has 2 amide bonds. The van der Waals surface area contributed by atoms with Crippen LogP contribution in [0.2, 0.25) is 0 Å². The van der Waals surface area contributed by atoms with Gasteiger partial charge < -0.3 is 15.4 Å². The quantitative estimate of drug-likeness (QED) is 0.617. The molecule has 1 heterocycles. The van der Waals surface area contributed by atoms with Crippen molar-refractivity contribution in [2.24, 2.45) is 5.92 Å². The monoisotopic (exact) mass is 382 g/mol. The number of amides is 2. The summed E-state index contributed by atoms with van der Waals surface area (Å²) < 4.78 is 55.4. The van der Waals surface area contributed by atoms with Gasteiger partial charge in [0.05, 0.1) is 5.69 Å². The molecule has 1 saturated heterocycles. The SMILES string of the molecule is O=C1NC[C@H](c2ccc(OC(F)F)cc2)[C@H]1C(=O)Nc1ccc(F)cc1F.